The fraction of sp³-hybridized carbons (Fsp3) is 0.188. The highest BCUT2D eigenvalue weighted by Crippen LogP contribution is 2.25. The summed E-state index contributed by atoms with van der Waals surface area (Å²) in [6.07, 6.45) is 2.26. The van der Waals surface area contributed by atoms with Gasteiger partial charge in [-0.1, -0.05) is 29.8 Å². The lowest BCUT2D eigenvalue weighted by Crippen LogP contribution is -2.25. The lowest BCUT2D eigenvalue weighted by atomic mass is 10.2. The van der Waals surface area contributed by atoms with Crippen molar-refractivity contribution in [3.05, 3.63) is 53.0 Å². The number of benzene rings is 1. The van der Waals surface area contributed by atoms with Crippen LogP contribution in [0.3, 0.4) is 0 Å². The zero-order valence-electron chi connectivity index (χ0n) is 12.6. The third-order valence-electron chi connectivity index (χ3n) is 3.28. The van der Waals surface area contributed by atoms with E-state index in [0.717, 1.165) is 22.2 Å². The minimum atomic E-state index is -3.50. The van der Waals surface area contributed by atoms with Crippen molar-refractivity contribution in [1.29, 1.82) is 0 Å². The predicted molar refractivity (Wildman–Crippen MR) is 96.4 cm³/mol. The van der Waals surface area contributed by atoms with Crippen molar-refractivity contribution in [2.75, 3.05) is 13.2 Å². The number of para-hydroxylation sites is 1. The first-order valence-corrected chi connectivity index (χ1v) is 9.95. The standard InChI is InChI=1S/C16H15ClN2O3S2/c17-14-7-8-15(23-14)24(20,21)19-10-3-11-22-13-6-1-4-12-5-2-9-18-16(12)13/h1-2,4-9,19H,3,10-11H2. The zero-order valence-corrected chi connectivity index (χ0v) is 15.0. The van der Waals surface area contributed by atoms with Gasteiger partial charge in [-0.25, -0.2) is 13.1 Å². The quantitative estimate of drug-likeness (QED) is 0.632. The van der Waals surface area contributed by atoms with Crippen molar-refractivity contribution in [3.63, 3.8) is 0 Å². The Morgan fingerprint density at radius 1 is 1.17 bits per heavy atom. The van der Waals surface area contributed by atoms with E-state index < -0.39 is 10.0 Å². The molecule has 0 unspecified atom stereocenters. The molecule has 3 aromatic rings. The van der Waals surface area contributed by atoms with E-state index in [2.05, 4.69) is 9.71 Å². The summed E-state index contributed by atoms with van der Waals surface area (Å²) in [6.45, 7) is 0.680. The first kappa shape index (κ1) is 17.2. The summed E-state index contributed by atoms with van der Waals surface area (Å²) in [5.41, 5.74) is 0.800. The number of halogens is 1. The number of pyridine rings is 1. The number of aromatic nitrogens is 1. The third-order valence-corrected chi connectivity index (χ3v) is 6.46. The molecule has 0 fully saturated rings. The maximum Gasteiger partial charge on any atom is 0.250 e. The first-order chi connectivity index (χ1) is 11.6. The van der Waals surface area contributed by atoms with Gasteiger partial charge in [0.2, 0.25) is 10.0 Å². The molecule has 5 nitrogen and oxygen atoms in total. The fourth-order valence-corrected chi connectivity index (χ4v) is 4.77. The van der Waals surface area contributed by atoms with Crippen molar-refractivity contribution in [1.82, 2.24) is 9.71 Å². The lowest BCUT2D eigenvalue weighted by Gasteiger charge is -2.09. The van der Waals surface area contributed by atoms with Gasteiger partial charge in [-0.05, 0) is 30.7 Å². The average Bonchev–Trinajstić information content (AvgIpc) is 3.02. The Morgan fingerprint density at radius 3 is 2.79 bits per heavy atom. The van der Waals surface area contributed by atoms with Crippen molar-refractivity contribution in [3.8, 4) is 5.75 Å². The van der Waals surface area contributed by atoms with E-state index in [1.165, 1.54) is 6.07 Å². The number of hydrogen-bond donors (Lipinski definition) is 1. The molecule has 0 saturated heterocycles. The summed E-state index contributed by atoms with van der Waals surface area (Å²) >= 11 is 6.80. The molecule has 0 amide bonds. The van der Waals surface area contributed by atoms with E-state index in [1.807, 2.05) is 30.3 Å². The van der Waals surface area contributed by atoms with Crippen molar-refractivity contribution in [2.24, 2.45) is 0 Å². The largest absolute Gasteiger partial charge is 0.491 e. The molecular formula is C16H15ClN2O3S2. The zero-order chi connectivity index (χ0) is 17.0. The molecule has 126 valence electrons. The summed E-state index contributed by atoms with van der Waals surface area (Å²) in [5, 5.41) is 1.00. The number of ether oxygens (including phenoxy) is 1. The Bertz CT molecular complexity index is 936. The van der Waals surface area contributed by atoms with Crippen LogP contribution in [-0.2, 0) is 10.0 Å². The monoisotopic (exact) mass is 382 g/mol. The summed E-state index contributed by atoms with van der Waals surface area (Å²) in [4.78, 5) is 4.31. The van der Waals surface area contributed by atoms with E-state index in [9.17, 15) is 8.42 Å². The molecule has 0 spiro atoms. The van der Waals surface area contributed by atoms with Crippen LogP contribution in [0.25, 0.3) is 10.9 Å². The number of rotatable bonds is 7. The highest BCUT2D eigenvalue weighted by atomic mass is 35.5. The SMILES string of the molecule is O=S(=O)(NCCCOc1cccc2cccnc12)c1ccc(Cl)s1. The van der Waals surface area contributed by atoms with Crippen LogP contribution in [0.1, 0.15) is 6.42 Å². The molecule has 0 aliphatic carbocycles. The maximum atomic E-state index is 12.0. The second-order valence-electron chi connectivity index (χ2n) is 4.99. The van der Waals surface area contributed by atoms with Crippen LogP contribution in [0.5, 0.6) is 5.75 Å². The number of sulfonamides is 1. The Balaban J connectivity index is 1.52. The molecule has 0 aliphatic heterocycles. The van der Waals surface area contributed by atoms with Gasteiger partial charge in [0.15, 0.2) is 0 Å². The molecule has 0 radical (unpaired) electrons. The van der Waals surface area contributed by atoms with Crippen LogP contribution < -0.4 is 9.46 Å². The molecule has 0 bridgehead atoms. The molecule has 0 atom stereocenters. The Morgan fingerprint density at radius 2 is 2.00 bits per heavy atom. The van der Waals surface area contributed by atoms with Gasteiger partial charge >= 0.3 is 0 Å². The van der Waals surface area contributed by atoms with E-state index >= 15 is 0 Å². The van der Waals surface area contributed by atoms with Crippen LogP contribution >= 0.6 is 22.9 Å². The smallest absolute Gasteiger partial charge is 0.250 e. The van der Waals surface area contributed by atoms with Gasteiger partial charge in [0.1, 0.15) is 15.5 Å². The Kier molecular flexibility index (Phi) is 5.35. The van der Waals surface area contributed by atoms with E-state index in [-0.39, 0.29) is 10.8 Å². The summed E-state index contributed by atoms with van der Waals surface area (Å²) in [7, 11) is -3.50. The van der Waals surface area contributed by atoms with Crippen LogP contribution in [0.2, 0.25) is 4.34 Å². The van der Waals surface area contributed by atoms with E-state index in [4.69, 9.17) is 16.3 Å². The first-order valence-electron chi connectivity index (χ1n) is 7.28. The van der Waals surface area contributed by atoms with Crippen molar-refractivity contribution >= 4 is 43.9 Å². The molecule has 0 saturated carbocycles. The maximum absolute atomic E-state index is 12.0. The highest BCUT2D eigenvalue weighted by molar-refractivity contribution is 7.91. The summed E-state index contributed by atoms with van der Waals surface area (Å²) < 4.78 is 33.0. The predicted octanol–water partition coefficient (Wildman–Crippen LogP) is 3.70. The lowest BCUT2D eigenvalue weighted by molar-refractivity contribution is 0.314. The Hall–Kier alpha value is -1.67. The fourth-order valence-electron chi connectivity index (χ4n) is 2.17. The summed E-state index contributed by atoms with van der Waals surface area (Å²) in [6, 6.07) is 12.6. The minimum Gasteiger partial charge on any atom is -0.491 e. The van der Waals surface area contributed by atoms with Gasteiger partial charge in [0.25, 0.3) is 0 Å². The number of fused-ring (bicyclic) bond motifs is 1. The van der Waals surface area contributed by atoms with Crippen LogP contribution in [0.15, 0.2) is 52.9 Å². The molecule has 0 aliphatic rings. The van der Waals surface area contributed by atoms with E-state index in [1.54, 1.807) is 12.3 Å². The number of nitrogens with one attached hydrogen (secondary N) is 1. The molecule has 3 rings (SSSR count). The Labute approximate surface area is 149 Å². The van der Waals surface area contributed by atoms with Crippen LogP contribution in [0, 0.1) is 0 Å². The van der Waals surface area contributed by atoms with Crippen LogP contribution in [-0.4, -0.2) is 26.6 Å². The van der Waals surface area contributed by atoms with Crippen LogP contribution in [0.4, 0.5) is 0 Å². The summed E-state index contributed by atoms with van der Waals surface area (Å²) in [5.74, 6) is 0.695. The van der Waals surface area contributed by atoms with E-state index in [0.29, 0.717) is 23.1 Å². The number of nitrogens with zero attached hydrogens (tertiary/aromatic N) is 1. The van der Waals surface area contributed by atoms with Gasteiger partial charge < -0.3 is 4.74 Å². The molecule has 1 N–H and O–H groups in total. The highest BCUT2D eigenvalue weighted by Gasteiger charge is 2.15. The molecule has 24 heavy (non-hydrogen) atoms. The molecule has 2 aromatic heterocycles. The molecule has 8 heteroatoms. The molecule has 1 aromatic carbocycles. The van der Waals surface area contributed by atoms with Gasteiger partial charge in [-0.15, -0.1) is 11.3 Å². The number of thiophene rings is 1. The molecule has 2 heterocycles. The van der Waals surface area contributed by atoms with Crippen molar-refractivity contribution < 1.29 is 13.2 Å². The average molecular weight is 383 g/mol. The second-order valence-corrected chi connectivity index (χ2v) is 8.70. The molecular weight excluding hydrogens is 368 g/mol. The van der Waals surface area contributed by atoms with Gasteiger partial charge in [-0.2, -0.15) is 0 Å². The van der Waals surface area contributed by atoms with Gasteiger partial charge in [0, 0.05) is 18.1 Å². The normalized spacial score (nSPS) is 11.7. The van der Waals surface area contributed by atoms with Gasteiger partial charge in [0.05, 0.1) is 10.9 Å². The third kappa shape index (κ3) is 4.05. The van der Waals surface area contributed by atoms with Gasteiger partial charge in [-0.3, -0.25) is 4.98 Å². The topological polar surface area (TPSA) is 68.3 Å². The minimum absolute atomic E-state index is 0.215. The number of hydrogen-bond acceptors (Lipinski definition) is 5. The second kappa shape index (κ2) is 7.48. The van der Waals surface area contributed by atoms with Crippen molar-refractivity contribution in [2.45, 2.75) is 10.6 Å².